The minimum absolute atomic E-state index is 0.215. The molecule has 0 spiro atoms. The highest BCUT2D eigenvalue weighted by atomic mass is 35.5. The lowest BCUT2D eigenvalue weighted by molar-refractivity contribution is 0.102. The molecule has 11 heteroatoms. The normalized spacial score (nSPS) is 11.2. The Morgan fingerprint density at radius 1 is 1.20 bits per heavy atom. The molecule has 3 aromatic rings. The molecule has 2 heterocycles. The van der Waals surface area contributed by atoms with Crippen LogP contribution in [0.25, 0.3) is 5.82 Å². The second kappa shape index (κ2) is 8.33. The zero-order valence-electron chi connectivity index (χ0n) is 16.2. The molecule has 0 atom stereocenters. The first-order valence-corrected chi connectivity index (χ1v) is 10.8. The van der Waals surface area contributed by atoms with Gasteiger partial charge in [0.1, 0.15) is 5.82 Å². The minimum atomic E-state index is -3.50. The second-order valence-electron chi connectivity index (χ2n) is 6.48. The number of aromatic nitrogens is 2. The fraction of sp³-hybridized carbons (Fsp3) is 0.158. The predicted molar refractivity (Wildman–Crippen MR) is 113 cm³/mol. The zero-order valence-corrected chi connectivity index (χ0v) is 17.8. The Bertz CT molecular complexity index is 1230. The van der Waals surface area contributed by atoms with Crippen molar-refractivity contribution < 1.29 is 22.3 Å². The first kappa shape index (κ1) is 21.6. The van der Waals surface area contributed by atoms with Crippen LogP contribution in [0.2, 0.25) is 5.02 Å². The van der Waals surface area contributed by atoms with Gasteiger partial charge >= 0.3 is 0 Å². The van der Waals surface area contributed by atoms with Gasteiger partial charge in [0.25, 0.3) is 5.91 Å². The van der Waals surface area contributed by atoms with Gasteiger partial charge in [-0.3, -0.25) is 9.52 Å². The number of carbonyl (C=O) groups excluding carboxylic acids is 1. The molecule has 0 bridgehead atoms. The van der Waals surface area contributed by atoms with E-state index in [9.17, 15) is 17.6 Å². The largest absolute Gasteiger partial charge is 0.493 e. The lowest BCUT2D eigenvalue weighted by Gasteiger charge is -2.10. The van der Waals surface area contributed by atoms with E-state index in [0.717, 1.165) is 12.5 Å². The summed E-state index contributed by atoms with van der Waals surface area (Å²) in [6.45, 7) is 1.76. The van der Waals surface area contributed by atoms with E-state index >= 15 is 0 Å². The summed E-state index contributed by atoms with van der Waals surface area (Å²) in [5.41, 5.74) is 1.50. The van der Waals surface area contributed by atoms with Crippen LogP contribution in [0.1, 0.15) is 16.1 Å². The average Bonchev–Trinajstić information content (AvgIpc) is 3.01. The summed E-state index contributed by atoms with van der Waals surface area (Å²) >= 11 is 6.02. The number of carbonyl (C=O) groups is 1. The van der Waals surface area contributed by atoms with Crippen LogP contribution >= 0.6 is 11.6 Å². The van der Waals surface area contributed by atoms with E-state index in [1.54, 1.807) is 17.6 Å². The molecule has 0 aliphatic heterocycles. The molecule has 158 valence electrons. The van der Waals surface area contributed by atoms with Gasteiger partial charge in [-0.1, -0.05) is 11.6 Å². The van der Waals surface area contributed by atoms with Gasteiger partial charge in [-0.25, -0.2) is 17.8 Å². The summed E-state index contributed by atoms with van der Waals surface area (Å²) in [4.78, 5) is 16.8. The van der Waals surface area contributed by atoms with Gasteiger partial charge in [-0.2, -0.15) is 0 Å². The van der Waals surface area contributed by atoms with Crippen LogP contribution in [0.4, 0.5) is 15.8 Å². The summed E-state index contributed by atoms with van der Waals surface area (Å²) in [6, 6.07) is 7.18. The number of anilines is 2. The Hall–Kier alpha value is -3.11. The smallest absolute Gasteiger partial charge is 0.257 e. The zero-order chi connectivity index (χ0) is 22.1. The van der Waals surface area contributed by atoms with Crippen LogP contribution in [-0.2, 0) is 10.0 Å². The highest BCUT2D eigenvalue weighted by Gasteiger charge is 2.16. The standard InChI is InChI=1S/C19H18ClFN4O4S/c1-11-4-12(10-25(11)18-17(29-2)7-14(21)9-22-18)19(26)23-15-5-13(20)6-16(8-15)24-30(3,27)28/h4-10,24H,1-3H3,(H,23,26). The molecular formula is C19H18ClFN4O4S. The highest BCUT2D eigenvalue weighted by Crippen LogP contribution is 2.26. The van der Waals surface area contributed by atoms with Crippen molar-refractivity contribution >= 4 is 38.9 Å². The van der Waals surface area contributed by atoms with Crippen LogP contribution in [0.15, 0.2) is 42.7 Å². The number of aryl methyl sites for hydroxylation is 1. The van der Waals surface area contributed by atoms with Crippen LogP contribution in [0, 0.1) is 12.7 Å². The number of sulfonamides is 1. The van der Waals surface area contributed by atoms with Crippen molar-refractivity contribution in [3.05, 3.63) is 64.8 Å². The molecule has 0 unspecified atom stereocenters. The lowest BCUT2D eigenvalue weighted by Crippen LogP contribution is -2.13. The van der Waals surface area contributed by atoms with Crippen molar-refractivity contribution in [3.8, 4) is 11.6 Å². The summed E-state index contributed by atoms with van der Waals surface area (Å²) in [5.74, 6) is -0.451. The summed E-state index contributed by atoms with van der Waals surface area (Å²) in [6.07, 6.45) is 3.60. The predicted octanol–water partition coefficient (Wildman–Crippen LogP) is 3.61. The van der Waals surface area contributed by atoms with E-state index in [1.165, 1.54) is 37.6 Å². The van der Waals surface area contributed by atoms with Gasteiger partial charge in [0.15, 0.2) is 11.6 Å². The van der Waals surface area contributed by atoms with Crippen LogP contribution in [0.3, 0.4) is 0 Å². The van der Waals surface area contributed by atoms with E-state index in [-0.39, 0.29) is 16.5 Å². The van der Waals surface area contributed by atoms with Crippen molar-refractivity contribution in [2.24, 2.45) is 0 Å². The number of amides is 1. The molecule has 8 nitrogen and oxygen atoms in total. The third kappa shape index (κ3) is 5.08. The molecule has 2 N–H and O–H groups in total. The van der Waals surface area contributed by atoms with Gasteiger partial charge in [0.2, 0.25) is 10.0 Å². The fourth-order valence-corrected chi connectivity index (χ4v) is 3.59. The molecule has 0 aliphatic carbocycles. The third-order valence-corrected chi connectivity index (χ3v) is 4.81. The number of benzene rings is 1. The Morgan fingerprint density at radius 3 is 2.57 bits per heavy atom. The van der Waals surface area contributed by atoms with E-state index in [0.29, 0.717) is 22.8 Å². The highest BCUT2D eigenvalue weighted by molar-refractivity contribution is 7.92. The molecule has 30 heavy (non-hydrogen) atoms. The van der Waals surface area contributed by atoms with Gasteiger partial charge in [-0.05, 0) is 31.2 Å². The van der Waals surface area contributed by atoms with E-state index in [1.807, 2.05) is 0 Å². The second-order valence-corrected chi connectivity index (χ2v) is 8.66. The van der Waals surface area contributed by atoms with Crippen molar-refractivity contribution in [1.29, 1.82) is 0 Å². The number of pyridine rings is 1. The number of hydrogen-bond acceptors (Lipinski definition) is 5. The number of nitrogens with zero attached hydrogens (tertiary/aromatic N) is 2. The maximum atomic E-state index is 13.4. The monoisotopic (exact) mass is 452 g/mol. The quantitative estimate of drug-likeness (QED) is 0.594. The third-order valence-electron chi connectivity index (χ3n) is 3.98. The van der Waals surface area contributed by atoms with Crippen molar-refractivity contribution in [2.75, 3.05) is 23.4 Å². The Morgan fingerprint density at radius 2 is 1.90 bits per heavy atom. The van der Waals surface area contributed by atoms with E-state index in [4.69, 9.17) is 16.3 Å². The van der Waals surface area contributed by atoms with Gasteiger partial charge in [0.05, 0.1) is 30.8 Å². The Balaban J connectivity index is 1.88. The molecule has 0 fully saturated rings. The number of ether oxygens (including phenoxy) is 1. The fourth-order valence-electron chi connectivity index (χ4n) is 2.81. The van der Waals surface area contributed by atoms with Crippen molar-refractivity contribution in [3.63, 3.8) is 0 Å². The molecule has 0 saturated carbocycles. The molecule has 0 aliphatic rings. The summed E-state index contributed by atoms with van der Waals surface area (Å²) < 4.78 is 45.4. The molecule has 0 radical (unpaired) electrons. The number of rotatable bonds is 6. The topological polar surface area (TPSA) is 102 Å². The average molecular weight is 453 g/mol. The van der Waals surface area contributed by atoms with Gasteiger partial charge in [-0.15, -0.1) is 0 Å². The molecule has 3 rings (SSSR count). The molecule has 0 saturated heterocycles. The molecule has 1 aromatic carbocycles. The molecule has 2 aromatic heterocycles. The van der Waals surface area contributed by atoms with Gasteiger partial charge in [0, 0.05) is 28.7 Å². The van der Waals surface area contributed by atoms with E-state index in [2.05, 4.69) is 15.0 Å². The first-order valence-electron chi connectivity index (χ1n) is 8.54. The maximum Gasteiger partial charge on any atom is 0.257 e. The Kier molecular flexibility index (Phi) is 5.99. The van der Waals surface area contributed by atoms with Crippen molar-refractivity contribution in [1.82, 2.24) is 9.55 Å². The van der Waals surface area contributed by atoms with Crippen LogP contribution in [0.5, 0.6) is 5.75 Å². The van der Waals surface area contributed by atoms with E-state index < -0.39 is 21.7 Å². The SMILES string of the molecule is COc1cc(F)cnc1-n1cc(C(=O)Nc2cc(Cl)cc(NS(C)(=O)=O)c2)cc1C. The van der Waals surface area contributed by atoms with Crippen LogP contribution in [-0.4, -0.2) is 37.2 Å². The van der Waals surface area contributed by atoms with Crippen molar-refractivity contribution in [2.45, 2.75) is 6.92 Å². The van der Waals surface area contributed by atoms with Crippen LogP contribution < -0.4 is 14.8 Å². The maximum absolute atomic E-state index is 13.4. The van der Waals surface area contributed by atoms with Gasteiger partial charge < -0.3 is 14.6 Å². The first-order chi connectivity index (χ1) is 14.1. The summed E-state index contributed by atoms with van der Waals surface area (Å²) in [7, 11) is -2.11. The molecular weight excluding hydrogens is 435 g/mol. The number of hydrogen-bond donors (Lipinski definition) is 2. The summed E-state index contributed by atoms with van der Waals surface area (Å²) in [5, 5.41) is 2.92. The number of nitrogens with one attached hydrogen (secondary N) is 2. The number of halogens is 2. The lowest BCUT2D eigenvalue weighted by atomic mass is 10.2. The minimum Gasteiger partial charge on any atom is -0.493 e. The molecule has 1 amide bonds. The number of methoxy groups -OCH3 is 1. The Labute approximate surface area is 177 Å².